The number of ether oxygens (including phenoxy) is 1. The van der Waals surface area contributed by atoms with Crippen LogP contribution in [0.2, 0.25) is 0 Å². The Balaban J connectivity index is 2.12. The molecule has 1 fully saturated rings. The molecule has 22 heavy (non-hydrogen) atoms. The van der Waals surface area contributed by atoms with E-state index in [1.54, 1.807) is 16.9 Å². The van der Waals surface area contributed by atoms with Crippen LogP contribution in [0.4, 0.5) is 0 Å². The zero-order valence-electron chi connectivity index (χ0n) is 13.4. The molecule has 1 heterocycles. The molecule has 1 aromatic rings. The van der Waals surface area contributed by atoms with Gasteiger partial charge in [-0.3, -0.25) is 9.48 Å². The van der Waals surface area contributed by atoms with Crippen molar-refractivity contribution >= 4 is 11.9 Å². The summed E-state index contributed by atoms with van der Waals surface area (Å²) in [7, 11) is 1.37. The molecule has 0 radical (unpaired) electrons. The van der Waals surface area contributed by atoms with E-state index in [1.807, 2.05) is 6.92 Å². The third-order valence-electron chi connectivity index (χ3n) is 4.36. The van der Waals surface area contributed by atoms with Crippen molar-refractivity contribution in [2.45, 2.75) is 58.0 Å². The SMILES string of the molecule is CCn1nccc1C(=O)NC(C(=O)OC)C1CCCCCC1. The van der Waals surface area contributed by atoms with Crippen LogP contribution in [0.15, 0.2) is 12.3 Å². The summed E-state index contributed by atoms with van der Waals surface area (Å²) >= 11 is 0. The molecular formula is C16H25N3O3. The second-order valence-corrected chi connectivity index (χ2v) is 5.76. The van der Waals surface area contributed by atoms with Crippen molar-refractivity contribution in [2.24, 2.45) is 5.92 Å². The predicted octanol–water partition coefficient (Wildman–Crippen LogP) is 2.14. The van der Waals surface area contributed by atoms with Crippen molar-refractivity contribution < 1.29 is 14.3 Å². The lowest BCUT2D eigenvalue weighted by Crippen LogP contribution is -2.47. The Labute approximate surface area is 131 Å². The minimum atomic E-state index is -0.573. The van der Waals surface area contributed by atoms with Crippen LogP contribution >= 0.6 is 0 Å². The van der Waals surface area contributed by atoms with Crippen molar-refractivity contribution in [3.8, 4) is 0 Å². The molecule has 1 saturated carbocycles. The van der Waals surface area contributed by atoms with E-state index >= 15 is 0 Å². The first-order valence-electron chi connectivity index (χ1n) is 8.07. The topological polar surface area (TPSA) is 73.2 Å². The minimum absolute atomic E-state index is 0.150. The molecule has 1 aromatic heterocycles. The number of nitrogens with one attached hydrogen (secondary N) is 1. The average molecular weight is 307 g/mol. The Morgan fingerprint density at radius 1 is 1.36 bits per heavy atom. The number of nitrogens with zero attached hydrogens (tertiary/aromatic N) is 2. The zero-order valence-corrected chi connectivity index (χ0v) is 13.4. The lowest BCUT2D eigenvalue weighted by Gasteiger charge is -2.25. The van der Waals surface area contributed by atoms with Crippen molar-refractivity contribution in [3.63, 3.8) is 0 Å². The number of hydrogen-bond donors (Lipinski definition) is 1. The Bertz CT molecular complexity index is 504. The van der Waals surface area contributed by atoms with Crippen LogP contribution in [0.3, 0.4) is 0 Å². The van der Waals surface area contributed by atoms with Gasteiger partial charge in [-0.1, -0.05) is 25.7 Å². The van der Waals surface area contributed by atoms with Crippen LogP contribution in [0, 0.1) is 5.92 Å². The fourth-order valence-electron chi connectivity index (χ4n) is 3.13. The molecule has 6 heteroatoms. The molecule has 6 nitrogen and oxygen atoms in total. The highest BCUT2D eigenvalue weighted by Gasteiger charge is 2.31. The van der Waals surface area contributed by atoms with Gasteiger partial charge in [0.15, 0.2) is 0 Å². The van der Waals surface area contributed by atoms with E-state index in [1.165, 1.54) is 20.0 Å². The molecule has 1 unspecified atom stereocenters. The fourth-order valence-corrected chi connectivity index (χ4v) is 3.13. The maximum atomic E-state index is 12.5. The maximum absolute atomic E-state index is 12.5. The molecule has 0 saturated heterocycles. The zero-order chi connectivity index (χ0) is 15.9. The van der Waals surface area contributed by atoms with E-state index in [9.17, 15) is 9.59 Å². The fraction of sp³-hybridized carbons (Fsp3) is 0.688. The van der Waals surface area contributed by atoms with Crippen molar-refractivity contribution in [2.75, 3.05) is 7.11 Å². The number of amides is 1. The van der Waals surface area contributed by atoms with Crippen LogP contribution in [-0.2, 0) is 16.1 Å². The number of esters is 1. The first-order chi connectivity index (χ1) is 10.7. The van der Waals surface area contributed by atoms with Gasteiger partial charge < -0.3 is 10.1 Å². The number of carbonyl (C=O) groups excluding carboxylic acids is 2. The summed E-state index contributed by atoms with van der Waals surface area (Å²) in [6.07, 6.45) is 8.08. The van der Waals surface area contributed by atoms with Gasteiger partial charge in [0.2, 0.25) is 0 Å². The molecular weight excluding hydrogens is 282 g/mol. The Kier molecular flexibility index (Phi) is 5.98. The smallest absolute Gasteiger partial charge is 0.328 e. The summed E-state index contributed by atoms with van der Waals surface area (Å²) in [6.45, 7) is 2.54. The van der Waals surface area contributed by atoms with Crippen LogP contribution in [-0.4, -0.2) is 34.8 Å². The first kappa shape index (κ1) is 16.5. The molecule has 0 bridgehead atoms. The third kappa shape index (κ3) is 3.87. The second-order valence-electron chi connectivity index (χ2n) is 5.76. The van der Waals surface area contributed by atoms with Gasteiger partial charge >= 0.3 is 5.97 Å². The Morgan fingerprint density at radius 2 is 2.05 bits per heavy atom. The lowest BCUT2D eigenvalue weighted by molar-refractivity contribution is -0.144. The van der Waals surface area contributed by atoms with E-state index in [0.717, 1.165) is 25.7 Å². The van der Waals surface area contributed by atoms with Gasteiger partial charge in [-0.2, -0.15) is 5.10 Å². The molecule has 0 aromatic carbocycles. The quantitative estimate of drug-likeness (QED) is 0.668. The largest absolute Gasteiger partial charge is 0.467 e. The van der Waals surface area contributed by atoms with Crippen LogP contribution in [0.5, 0.6) is 0 Å². The Morgan fingerprint density at radius 3 is 2.64 bits per heavy atom. The minimum Gasteiger partial charge on any atom is -0.467 e. The van der Waals surface area contributed by atoms with Crippen molar-refractivity contribution in [1.82, 2.24) is 15.1 Å². The van der Waals surface area contributed by atoms with Gasteiger partial charge in [-0.25, -0.2) is 4.79 Å². The highest BCUT2D eigenvalue weighted by atomic mass is 16.5. The second kappa shape index (κ2) is 7.96. The van der Waals surface area contributed by atoms with E-state index in [0.29, 0.717) is 12.2 Å². The normalized spacial score (nSPS) is 17.5. The summed E-state index contributed by atoms with van der Waals surface area (Å²) < 4.78 is 6.53. The molecule has 2 rings (SSSR count). The third-order valence-corrected chi connectivity index (χ3v) is 4.36. The number of aromatic nitrogens is 2. The van der Waals surface area contributed by atoms with Crippen LogP contribution in [0.1, 0.15) is 55.9 Å². The van der Waals surface area contributed by atoms with Gasteiger partial charge in [-0.15, -0.1) is 0 Å². The number of rotatable bonds is 5. The highest BCUT2D eigenvalue weighted by molar-refractivity contribution is 5.95. The van der Waals surface area contributed by atoms with E-state index in [2.05, 4.69) is 10.4 Å². The average Bonchev–Trinajstić information content (AvgIpc) is 2.86. The van der Waals surface area contributed by atoms with Crippen molar-refractivity contribution in [1.29, 1.82) is 0 Å². The maximum Gasteiger partial charge on any atom is 0.328 e. The molecule has 1 aliphatic carbocycles. The number of hydrogen-bond acceptors (Lipinski definition) is 4. The van der Waals surface area contributed by atoms with Gasteiger partial charge in [-0.05, 0) is 31.7 Å². The summed E-state index contributed by atoms with van der Waals surface area (Å²) in [6, 6.07) is 1.09. The summed E-state index contributed by atoms with van der Waals surface area (Å²) in [5, 5.41) is 6.96. The van der Waals surface area contributed by atoms with E-state index in [-0.39, 0.29) is 17.8 Å². The predicted molar refractivity (Wildman–Crippen MR) is 82.4 cm³/mol. The molecule has 1 aliphatic rings. The van der Waals surface area contributed by atoms with Crippen LogP contribution < -0.4 is 5.32 Å². The molecule has 0 aliphatic heterocycles. The molecule has 122 valence electrons. The molecule has 1 N–H and O–H groups in total. The monoisotopic (exact) mass is 307 g/mol. The van der Waals surface area contributed by atoms with E-state index in [4.69, 9.17) is 4.74 Å². The summed E-state index contributed by atoms with van der Waals surface area (Å²) in [5.74, 6) is -0.473. The summed E-state index contributed by atoms with van der Waals surface area (Å²) in [4.78, 5) is 24.6. The lowest BCUT2D eigenvalue weighted by atomic mass is 9.91. The standard InChI is InChI=1S/C16H25N3O3/c1-3-19-13(10-11-17-19)15(20)18-14(16(21)22-2)12-8-6-4-5-7-9-12/h10-12,14H,3-9H2,1-2H3,(H,18,20). The number of carbonyl (C=O) groups is 2. The molecule has 0 spiro atoms. The highest BCUT2D eigenvalue weighted by Crippen LogP contribution is 2.26. The van der Waals surface area contributed by atoms with Gasteiger partial charge in [0.05, 0.1) is 7.11 Å². The van der Waals surface area contributed by atoms with Crippen molar-refractivity contribution in [3.05, 3.63) is 18.0 Å². The van der Waals surface area contributed by atoms with Crippen LogP contribution in [0.25, 0.3) is 0 Å². The number of aryl methyl sites for hydroxylation is 1. The van der Waals surface area contributed by atoms with Gasteiger partial charge in [0, 0.05) is 12.7 Å². The van der Waals surface area contributed by atoms with Gasteiger partial charge in [0.1, 0.15) is 11.7 Å². The summed E-state index contributed by atoms with van der Waals surface area (Å²) in [5.41, 5.74) is 0.477. The van der Waals surface area contributed by atoms with E-state index < -0.39 is 6.04 Å². The molecule has 1 atom stereocenters. The first-order valence-corrected chi connectivity index (χ1v) is 8.07. The van der Waals surface area contributed by atoms with Gasteiger partial charge in [0.25, 0.3) is 5.91 Å². The Hall–Kier alpha value is -1.85. The number of methoxy groups -OCH3 is 1. The molecule has 1 amide bonds.